The summed E-state index contributed by atoms with van der Waals surface area (Å²) in [4.78, 5) is 34.1. The molecule has 0 rings (SSSR count). The Balaban J connectivity index is 4.63. The SMILES string of the molecule is O=C(O)CC(O)(CC(=O)OO)C(=O)O. The van der Waals surface area contributed by atoms with E-state index in [1.54, 1.807) is 0 Å². The van der Waals surface area contributed by atoms with E-state index in [1.807, 2.05) is 0 Å². The second kappa shape index (κ2) is 4.53. The first kappa shape index (κ1) is 12.3. The highest BCUT2D eigenvalue weighted by Gasteiger charge is 2.41. The molecule has 0 heterocycles. The molecule has 0 radical (unpaired) electrons. The lowest BCUT2D eigenvalue weighted by Crippen LogP contribution is -2.43. The third-order valence-electron chi connectivity index (χ3n) is 1.38. The molecule has 14 heavy (non-hydrogen) atoms. The van der Waals surface area contributed by atoms with Crippen LogP contribution in [0.15, 0.2) is 0 Å². The van der Waals surface area contributed by atoms with E-state index < -0.39 is 36.4 Å². The van der Waals surface area contributed by atoms with Crippen molar-refractivity contribution in [1.82, 2.24) is 0 Å². The van der Waals surface area contributed by atoms with Gasteiger partial charge in [-0.3, -0.25) is 4.79 Å². The molecule has 0 aliphatic carbocycles. The van der Waals surface area contributed by atoms with Gasteiger partial charge in [0.1, 0.15) is 0 Å². The number of carboxylic acids is 2. The van der Waals surface area contributed by atoms with Gasteiger partial charge in [0, 0.05) is 0 Å². The van der Waals surface area contributed by atoms with Crippen LogP contribution in [-0.4, -0.2) is 44.1 Å². The minimum atomic E-state index is -2.77. The van der Waals surface area contributed by atoms with Gasteiger partial charge in [-0.25, -0.2) is 9.59 Å². The van der Waals surface area contributed by atoms with Crippen molar-refractivity contribution in [3.05, 3.63) is 0 Å². The van der Waals surface area contributed by atoms with Crippen LogP contribution in [-0.2, 0) is 19.3 Å². The van der Waals surface area contributed by atoms with Crippen LogP contribution < -0.4 is 0 Å². The first-order valence-electron chi connectivity index (χ1n) is 3.33. The highest BCUT2D eigenvalue weighted by molar-refractivity contribution is 5.88. The minimum Gasteiger partial charge on any atom is -0.481 e. The number of carbonyl (C=O) groups is 3. The van der Waals surface area contributed by atoms with Crippen LogP contribution >= 0.6 is 0 Å². The Morgan fingerprint density at radius 2 is 1.64 bits per heavy atom. The topological polar surface area (TPSA) is 141 Å². The van der Waals surface area contributed by atoms with Gasteiger partial charge < -0.3 is 20.2 Å². The Labute approximate surface area is 77.3 Å². The summed E-state index contributed by atoms with van der Waals surface area (Å²) in [6.07, 6.45) is -2.32. The number of carboxylic acid groups (broad SMARTS) is 2. The van der Waals surface area contributed by atoms with Gasteiger partial charge in [0.2, 0.25) is 0 Å². The van der Waals surface area contributed by atoms with Gasteiger partial charge >= 0.3 is 17.9 Å². The molecule has 4 N–H and O–H groups in total. The maximum absolute atomic E-state index is 10.4. The highest BCUT2D eigenvalue weighted by Crippen LogP contribution is 2.16. The number of hydrogen-bond donors (Lipinski definition) is 4. The van der Waals surface area contributed by atoms with E-state index in [0.29, 0.717) is 0 Å². The van der Waals surface area contributed by atoms with Gasteiger partial charge in [-0.1, -0.05) is 0 Å². The molecule has 0 saturated carbocycles. The Morgan fingerprint density at radius 3 is 1.93 bits per heavy atom. The molecule has 0 aliphatic rings. The summed E-state index contributed by atoms with van der Waals surface area (Å²) in [7, 11) is 0. The fourth-order valence-electron chi connectivity index (χ4n) is 0.735. The predicted molar refractivity (Wildman–Crippen MR) is 38.2 cm³/mol. The number of aliphatic hydroxyl groups is 1. The van der Waals surface area contributed by atoms with E-state index >= 15 is 0 Å². The summed E-state index contributed by atoms with van der Waals surface area (Å²) in [5.41, 5.74) is -2.77. The maximum Gasteiger partial charge on any atom is 0.345 e. The first-order valence-corrected chi connectivity index (χ1v) is 3.33. The molecule has 0 bridgehead atoms. The van der Waals surface area contributed by atoms with Gasteiger partial charge in [0.25, 0.3) is 0 Å². The maximum atomic E-state index is 10.4. The average Bonchev–Trinajstić information content (AvgIpc) is 2.02. The summed E-state index contributed by atoms with van der Waals surface area (Å²) in [5, 5.41) is 33.6. The van der Waals surface area contributed by atoms with Crippen molar-refractivity contribution >= 4 is 17.9 Å². The Kier molecular flexibility index (Phi) is 3.99. The van der Waals surface area contributed by atoms with Crippen LogP contribution in [0.2, 0.25) is 0 Å². The Morgan fingerprint density at radius 1 is 1.14 bits per heavy atom. The highest BCUT2D eigenvalue weighted by atomic mass is 17.1. The molecule has 0 saturated heterocycles. The lowest BCUT2D eigenvalue weighted by Gasteiger charge is -2.18. The molecule has 8 nitrogen and oxygen atoms in total. The van der Waals surface area contributed by atoms with Crippen LogP contribution in [0.3, 0.4) is 0 Å². The van der Waals surface area contributed by atoms with Crippen molar-refractivity contribution in [2.75, 3.05) is 0 Å². The van der Waals surface area contributed by atoms with Crippen LogP contribution in [0, 0.1) is 0 Å². The van der Waals surface area contributed by atoms with Crippen molar-refractivity contribution in [3.8, 4) is 0 Å². The van der Waals surface area contributed by atoms with E-state index in [9.17, 15) is 14.4 Å². The largest absolute Gasteiger partial charge is 0.481 e. The van der Waals surface area contributed by atoms with E-state index in [4.69, 9.17) is 20.6 Å². The van der Waals surface area contributed by atoms with Gasteiger partial charge in [-0.05, 0) is 0 Å². The van der Waals surface area contributed by atoms with Crippen molar-refractivity contribution in [2.24, 2.45) is 0 Å². The van der Waals surface area contributed by atoms with Gasteiger partial charge in [0.15, 0.2) is 5.60 Å². The zero-order valence-electron chi connectivity index (χ0n) is 6.84. The van der Waals surface area contributed by atoms with Gasteiger partial charge in [-0.15, -0.1) is 0 Å². The monoisotopic (exact) mass is 208 g/mol. The summed E-state index contributed by atoms with van der Waals surface area (Å²) in [5.74, 6) is -4.91. The molecule has 80 valence electrons. The molecule has 0 aromatic carbocycles. The molecule has 1 unspecified atom stereocenters. The number of rotatable bonds is 5. The summed E-state index contributed by atoms with van der Waals surface area (Å²) >= 11 is 0. The number of carbonyl (C=O) groups excluding carboxylic acids is 1. The van der Waals surface area contributed by atoms with E-state index in [-0.39, 0.29) is 0 Å². The average molecular weight is 208 g/mol. The van der Waals surface area contributed by atoms with Gasteiger partial charge in [0.05, 0.1) is 12.8 Å². The molecule has 0 fully saturated rings. The molecule has 0 aromatic rings. The first-order chi connectivity index (χ1) is 6.31. The number of hydrogen-bond acceptors (Lipinski definition) is 6. The summed E-state index contributed by atoms with van der Waals surface area (Å²) in [6, 6.07) is 0. The Bertz CT molecular complexity index is 259. The second-order valence-electron chi connectivity index (χ2n) is 2.55. The molecule has 0 aliphatic heterocycles. The van der Waals surface area contributed by atoms with Crippen molar-refractivity contribution in [2.45, 2.75) is 18.4 Å². The van der Waals surface area contributed by atoms with E-state index in [0.717, 1.165) is 0 Å². The van der Waals surface area contributed by atoms with E-state index in [2.05, 4.69) is 4.89 Å². The minimum absolute atomic E-state index is 1.15. The van der Waals surface area contributed by atoms with Crippen molar-refractivity contribution in [1.29, 1.82) is 0 Å². The van der Waals surface area contributed by atoms with E-state index in [1.165, 1.54) is 0 Å². The molecular weight excluding hydrogens is 200 g/mol. The fourth-order valence-corrected chi connectivity index (χ4v) is 0.735. The number of aliphatic carboxylic acids is 2. The smallest absolute Gasteiger partial charge is 0.345 e. The molecular formula is C6H8O8. The molecule has 1 atom stereocenters. The second-order valence-corrected chi connectivity index (χ2v) is 2.55. The third kappa shape index (κ3) is 3.37. The van der Waals surface area contributed by atoms with Gasteiger partial charge in [-0.2, -0.15) is 5.26 Å². The zero-order chi connectivity index (χ0) is 11.4. The van der Waals surface area contributed by atoms with Crippen LogP contribution in [0.1, 0.15) is 12.8 Å². The van der Waals surface area contributed by atoms with Crippen LogP contribution in [0.5, 0.6) is 0 Å². The van der Waals surface area contributed by atoms with Crippen LogP contribution in [0.4, 0.5) is 0 Å². The normalized spacial score (nSPS) is 14.1. The van der Waals surface area contributed by atoms with Crippen molar-refractivity contribution < 1.29 is 39.8 Å². The quantitative estimate of drug-likeness (QED) is 0.322. The summed E-state index contributed by atoms with van der Waals surface area (Å²) < 4.78 is 0. The fraction of sp³-hybridized carbons (Fsp3) is 0.500. The zero-order valence-corrected chi connectivity index (χ0v) is 6.84. The Hall–Kier alpha value is -1.67. The third-order valence-corrected chi connectivity index (χ3v) is 1.38. The standard InChI is InChI=1S/C6H8O8/c7-3(8)1-6(12,5(10)11)2-4(9)14-13/h12-13H,1-2H2,(H,7,8)(H,10,11). The molecule has 0 amide bonds. The molecule has 0 spiro atoms. The predicted octanol–water partition coefficient (Wildman–Crippen LogP) is -1.32. The lowest BCUT2D eigenvalue weighted by molar-refractivity contribution is -0.238. The molecule has 0 aromatic heterocycles. The molecule has 8 heteroatoms. The van der Waals surface area contributed by atoms with Crippen molar-refractivity contribution in [3.63, 3.8) is 0 Å². The lowest BCUT2D eigenvalue weighted by atomic mass is 9.96. The van der Waals surface area contributed by atoms with Crippen LogP contribution in [0.25, 0.3) is 0 Å². The summed E-state index contributed by atoms with van der Waals surface area (Å²) in [6.45, 7) is 0.